The number of benzene rings is 1. The number of nitriles is 1. The molecule has 0 saturated carbocycles. The normalized spacial score (nSPS) is 10.5. The maximum Gasteiger partial charge on any atom is 0.350 e. The third kappa shape index (κ3) is 2.28. The minimum Gasteiger partial charge on any atom is -0.508 e. The van der Waals surface area contributed by atoms with Gasteiger partial charge < -0.3 is 21.3 Å². The number of ether oxygens (including phenoxy) is 1. The summed E-state index contributed by atoms with van der Waals surface area (Å²) in [6.07, 6.45) is 0. The SMILES string of the molecule is COC(=O)c1sc2nc(N)c(C#N)c(-c3cccc(O)c3)c2c1N. The number of pyridine rings is 1. The highest BCUT2D eigenvalue weighted by molar-refractivity contribution is 7.21. The third-order valence-electron chi connectivity index (χ3n) is 3.52. The first-order valence-corrected chi connectivity index (χ1v) is 7.58. The standard InChI is InChI=1S/C16H12N4O3S/c1-23-16(22)13-12(18)11-10(7-3-2-4-8(21)5-7)9(6-17)14(19)20-15(11)24-13/h2-5,21H,18H2,1H3,(H2,19,20). The highest BCUT2D eigenvalue weighted by atomic mass is 32.1. The van der Waals surface area contributed by atoms with Crippen LogP contribution in [0.1, 0.15) is 15.2 Å². The number of hydrogen-bond donors (Lipinski definition) is 3. The first-order chi connectivity index (χ1) is 11.5. The fourth-order valence-electron chi connectivity index (χ4n) is 2.48. The van der Waals surface area contributed by atoms with Gasteiger partial charge in [0.1, 0.15) is 32.9 Å². The molecule has 8 heteroatoms. The van der Waals surface area contributed by atoms with E-state index in [0.717, 1.165) is 11.3 Å². The number of anilines is 2. The van der Waals surface area contributed by atoms with Crippen molar-refractivity contribution in [3.05, 3.63) is 34.7 Å². The zero-order valence-electron chi connectivity index (χ0n) is 12.5. The average molecular weight is 340 g/mol. The third-order valence-corrected chi connectivity index (χ3v) is 4.60. The Balaban J connectivity index is 2.47. The van der Waals surface area contributed by atoms with E-state index in [4.69, 9.17) is 16.2 Å². The van der Waals surface area contributed by atoms with E-state index in [1.807, 2.05) is 6.07 Å². The molecule has 2 heterocycles. The van der Waals surface area contributed by atoms with Crippen LogP contribution in [-0.4, -0.2) is 23.2 Å². The summed E-state index contributed by atoms with van der Waals surface area (Å²) in [6.45, 7) is 0. The van der Waals surface area contributed by atoms with Gasteiger partial charge in [0, 0.05) is 10.9 Å². The minimum absolute atomic E-state index is 0.0287. The van der Waals surface area contributed by atoms with Gasteiger partial charge in [-0.1, -0.05) is 12.1 Å². The summed E-state index contributed by atoms with van der Waals surface area (Å²) < 4.78 is 4.73. The van der Waals surface area contributed by atoms with Gasteiger partial charge in [0.2, 0.25) is 0 Å². The molecule has 0 bridgehead atoms. The summed E-state index contributed by atoms with van der Waals surface area (Å²) in [5, 5.41) is 19.7. The quantitative estimate of drug-likeness (QED) is 0.610. The van der Waals surface area contributed by atoms with E-state index < -0.39 is 5.97 Å². The van der Waals surface area contributed by atoms with Crippen LogP contribution in [0.25, 0.3) is 21.3 Å². The Hall–Kier alpha value is -3.31. The molecule has 120 valence electrons. The fourth-order valence-corrected chi connectivity index (χ4v) is 3.51. The number of rotatable bonds is 2. The van der Waals surface area contributed by atoms with Crippen LogP contribution in [0.3, 0.4) is 0 Å². The number of aromatic hydroxyl groups is 1. The molecular formula is C16H12N4O3S. The molecule has 0 unspecified atom stereocenters. The van der Waals surface area contributed by atoms with E-state index in [-0.39, 0.29) is 27.7 Å². The molecule has 3 rings (SSSR count). The second-order valence-electron chi connectivity index (χ2n) is 4.93. The largest absolute Gasteiger partial charge is 0.508 e. The molecule has 0 fully saturated rings. The number of nitrogen functional groups attached to an aromatic ring is 2. The van der Waals surface area contributed by atoms with Crippen LogP contribution in [0, 0.1) is 11.3 Å². The number of esters is 1. The molecule has 7 nitrogen and oxygen atoms in total. The van der Waals surface area contributed by atoms with Crippen LogP contribution in [0.15, 0.2) is 24.3 Å². The van der Waals surface area contributed by atoms with Crippen molar-refractivity contribution in [2.45, 2.75) is 0 Å². The Bertz CT molecular complexity index is 1020. The van der Waals surface area contributed by atoms with Gasteiger partial charge in [-0.25, -0.2) is 9.78 Å². The zero-order valence-corrected chi connectivity index (χ0v) is 13.3. The van der Waals surface area contributed by atoms with E-state index in [0.29, 0.717) is 21.3 Å². The molecule has 0 spiro atoms. The lowest BCUT2D eigenvalue weighted by Crippen LogP contribution is -2.02. The van der Waals surface area contributed by atoms with E-state index >= 15 is 0 Å². The minimum atomic E-state index is -0.588. The van der Waals surface area contributed by atoms with Gasteiger partial charge in [0.25, 0.3) is 0 Å². The second kappa shape index (κ2) is 5.72. The van der Waals surface area contributed by atoms with Gasteiger partial charge in [-0.2, -0.15) is 5.26 Å². The average Bonchev–Trinajstić information content (AvgIpc) is 2.89. The molecule has 5 N–H and O–H groups in total. The number of nitrogens with zero attached hydrogens (tertiary/aromatic N) is 2. The molecule has 0 amide bonds. The van der Waals surface area contributed by atoms with Gasteiger partial charge in [-0.3, -0.25) is 0 Å². The number of phenolic OH excluding ortho intramolecular Hbond substituents is 1. The van der Waals surface area contributed by atoms with Crippen LogP contribution in [0.4, 0.5) is 11.5 Å². The monoisotopic (exact) mass is 340 g/mol. The maximum absolute atomic E-state index is 11.9. The number of thiophene rings is 1. The molecule has 1 aromatic carbocycles. The molecule has 0 aliphatic carbocycles. The first-order valence-electron chi connectivity index (χ1n) is 6.77. The van der Waals surface area contributed by atoms with Crippen LogP contribution in [0.5, 0.6) is 5.75 Å². The van der Waals surface area contributed by atoms with Crippen molar-refractivity contribution < 1.29 is 14.6 Å². The van der Waals surface area contributed by atoms with Crippen molar-refractivity contribution in [2.75, 3.05) is 18.6 Å². The summed E-state index contributed by atoms with van der Waals surface area (Å²) in [4.78, 5) is 16.7. The van der Waals surface area contributed by atoms with Gasteiger partial charge in [0.05, 0.1) is 12.8 Å². The number of aromatic nitrogens is 1. The van der Waals surface area contributed by atoms with Crippen molar-refractivity contribution >= 4 is 39.0 Å². The van der Waals surface area contributed by atoms with Crippen LogP contribution < -0.4 is 11.5 Å². The summed E-state index contributed by atoms with van der Waals surface area (Å²) in [5.41, 5.74) is 13.3. The van der Waals surface area contributed by atoms with Gasteiger partial charge in [0.15, 0.2) is 0 Å². The lowest BCUT2D eigenvalue weighted by molar-refractivity contribution is 0.0607. The summed E-state index contributed by atoms with van der Waals surface area (Å²) in [6, 6.07) is 8.36. The molecule has 0 aliphatic heterocycles. The van der Waals surface area contributed by atoms with E-state index in [1.54, 1.807) is 12.1 Å². The predicted octanol–water partition coefficient (Wildman–Crippen LogP) is 2.49. The predicted molar refractivity (Wildman–Crippen MR) is 91.6 cm³/mol. The van der Waals surface area contributed by atoms with Crippen molar-refractivity contribution in [3.8, 4) is 22.9 Å². The summed E-state index contributed by atoms with van der Waals surface area (Å²) in [7, 11) is 1.25. The Morgan fingerprint density at radius 2 is 2.17 bits per heavy atom. The molecule has 0 saturated heterocycles. The highest BCUT2D eigenvalue weighted by Gasteiger charge is 2.24. The Morgan fingerprint density at radius 1 is 1.42 bits per heavy atom. The Labute approximate surface area is 140 Å². The van der Waals surface area contributed by atoms with Crippen molar-refractivity contribution in [2.24, 2.45) is 0 Å². The smallest absolute Gasteiger partial charge is 0.350 e. The van der Waals surface area contributed by atoms with Gasteiger partial charge in [-0.15, -0.1) is 11.3 Å². The van der Waals surface area contributed by atoms with Crippen LogP contribution >= 0.6 is 11.3 Å². The van der Waals surface area contributed by atoms with Crippen LogP contribution in [0.2, 0.25) is 0 Å². The van der Waals surface area contributed by atoms with E-state index in [1.165, 1.54) is 19.2 Å². The zero-order chi connectivity index (χ0) is 17.4. The molecular weight excluding hydrogens is 328 g/mol. The van der Waals surface area contributed by atoms with Crippen molar-refractivity contribution in [3.63, 3.8) is 0 Å². The molecule has 3 aromatic rings. The molecule has 0 radical (unpaired) electrons. The molecule has 24 heavy (non-hydrogen) atoms. The number of phenols is 1. The highest BCUT2D eigenvalue weighted by Crippen LogP contribution is 2.43. The lowest BCUT2D eigenvalue weighted by Gasteiger charge is -2.09. The first kappa shape index (κ1) is 15.6. The summed E-state index contributed by atoms with van der Waals surface area (Å²) >= 11 is 1.04. The van der Waals surface area contributed by atoms with E-state index in [2.05, 4.69) is 4.98 Å². The summed E-state index contributed by atoms with van der Waals surface area (Å²) in [5.74, 6) is -0.530. The number of carbonyl (C=O) groups excluding carboxylic acids is 1. The molecule has 2 aromatic heterocycles. The number of methoxy groups -OCH3 is 1. The van der Waals surface area contributed by atoms with Gasteiger partial charge in [-0.05, 0) is 17.7 Å². The van der Waals surface area contributed by atoms with Crippen molar-refractivity contribution in [1.29, 1.82) is 5.26 Å². The molecule has 0 aliphatic rings. The Kier molecular flexibility index (Phi) is 3.71. The maximum atomic E-state index is 11.9. The van der Waals surface area contributed by atoms with E-state index in [9.17, 15) is 15.2 Å². The lowest BCUT2D eigenvalue weighted by atomic mass is 9.97. The molecule has 0 atom stereocenters. The number of nitrogens with two attached hydrogens (primary N) is 2. The fraction of sp³-hybridized carbons (Fsp3) is 0.0625. The Morgan fingerprint density at radius 3 is 2.79 bits per heavy atom. The van der Waals surface area contributed by atoms with Gasteiger partial charge >= 0.3 is 5.97 Å². The number of carbonyl (C=O) groups is 1. The van der Waals surface area contributed by atoms with Crippen molar-refractivity contribution in [1.82, 2.24) is 4.98 Å². The second-order valence-corrected chi connectivity index (χ2v) is 5.92. The topological polar surface area (TPSA) is 135 Å². The van der Waals surface area contributed by atoms with Crippen LogP contribution in [-0.2, 0) is 4.74 Å². The number of hydrogen-bond acceptors (Lipinski definition) is 8. The number of fused-ring (bicyclic) bond motifs is 1.